The van der Waals surface area contributed by atoms with Crippen molar-refractivity contribution in [2.24, 2.45) is 0 Å². The third kappa shape index (κ3) is 6.09. The van der Waals surface area contributed by atoms with Crippen molar-refractivity contribution < 1.29 is 0 Å². The van der Waals surface area contributed by atoms with Crippen LogP contribution in [0.25, 0.3) is 24.3 Å². The highest BCUT2D eigenvalue weighted by atomic mass is 14.0. The first kappa shape index (κ1) is 19.9. The SMILES string of the molecule is CCCc1ccc(/C=C/c2ccc(/C=C/c3ccc(CCC)cc3)cc2)cc1. The summed E-state index contributed by atoms with van der Waals surface area (Å²) in [6, 6.07) is 26.4. The summed E-state index contributed by atoms with van der Waals surface area (Å²) in [6.07, 6.45) is 13.4. The van der Waals surface area contributed by atoms with Crippen molar-refractivity contribution in [1.82, 2.24) is 0 Å². The maximum Gasteiger partial charge on any atom is -0.0256 e. The molecule has 28 heavy (non-hydrogen) atoms. The van der Waals surface area contributed by atoms with Crippen LogP contribution >= 0.6 is 0 Å². The van der Waals surface area contributed by atoms with Crippen molar-refractivity contribution in [2.75, 3.05) is 0 Å². The van der Waals surface area contributed by atoms with E-state index in [9.17, 15) is 0 Å². The van der Waals surface area contributed by atoms with Gasteiger partial charge in [-0.25, -0.2) is 0 Å². The molecule has 0 atom stereocenters. The molecule has 0 nitrogen and oxygen atoms in total. The molecule has 0 saturated heterocycles. The molecular weight excluding hydrogens is 336 g/mol. The number of rotatable bonds is 8. The minimum absolute atomic E-state index is 1.15. The molecular formula is C28H30. The largest absolute Gasteiger partial charge is 0.0651 e. The molecule has 0 aliphatic rings. The molecule has 0 N–H and O–H groups in total. The summed E-state index contributed by atoms with van der Waals surface area (Å²) in [4.78, 5) is 0. The lowest BCUT2D eigenvalue weighted by molar-refractivity contribution is 0.922. The van der Waals surface area contributed by atoms with E-state index in [0.29, 0.717) is 0 Å². The quantitative estimate of drug-likeness (QED) is 0.355. The zero-order valence-electron chi connectivity index (χ0n) is 17.1. The maximum atomic E-state index is 2.23. The Hall–Kier alpha value is -2.86. The Morgan fingerprint density at radius 3 is 0.929 bits per heavy atom. The smallest absolute Gasteiger partial charge is 0.0256 e. The third-order valence-electron chi connectivity index (χ3n) is 4.91. The Bertz CT molecular complexity index is 813. The highest BCUT2D eigenvalue weighted by Gasteiger charge is 1.94. The Morgan fingerprint density at radius 1 is 0.429 bits per heavy atom. The molecule has 0 aromatic heterocycles. The van der Waals surface area contributed by atoms with Crippen LogP contribution in [0.4, 0.5) is 0 Å². The van der Waals surface area contributed by atoms with Gasteiger partial charge in [-0.3, -0.25) is 0 Å². The standard InChI is InChI=1S/C28H30/c1-3-5-23-7-11-25(12-8-23)15-17-27-19-21-28(22-20-27)18-16-26-13-9-24(6-4-2)10-14-26/h7-22H,3-6H2,1-2H3/b17-15+,18-16+. The molecule has 0 amide bonds. The molecule has 3 rings (SSSR count). The van der Waals surface area contributed by atoms with E-state index in [1.165, 1.54) is 46.2 Å². The normalized spacial score (nSPS) is 11.5. The average Bonchev–Trinajstić information content (AvgIpc) is 2.74. The van der Waals surface area contributed by atoms with E-state index >= 15 is 0 Å². The minimum Gasteiger partial charge on any atom is -0.0651 e. The second-order valence-electron chi connectivity index (χ2n) is 7.32. The molecule has 142 valence electrons. The van der Waals surface area contributed by atoms with E-state index < -0.39 is 0 Å². The molecule has 0 saturated carbocycles. The number of benzene rings is 3. The first-order chi connectivity index (χ1) is 13.8. The summed E-state index contributed by atoms with van der Waals surface area (Å²) >= 11 is 0. The first-order valence-electron chi connectivity index (χ1n) is 10.4. The van der Waals surface area contributed by atoms with Crippen LogP contribution < -0.4 is 0 Å². The highest BCUT2D eigenvalue weighted by Crippen LogP contribution is 2.14. The van der Waals surface area contributed by atoms with Crippen LogP contribution in [0.5, 0.6) is 0 Å². The van der Waals surface area contributed by atoms with Gasteiger partial charge < -0.3 is 0 Å². The molecule has 0 aliphatic heterocycles. The number of hydrogen-bond acceptors (Lipinski definition) is 0. The molecule has 0 heterocycles. The van der Waals surface area contributed by atoms with Gasteiger partial charge in [0.25, 0.3) is 0 Å². The molecule has 0 aliphatic carbocycles. The van der Waals surface area contributed by atoms with Gasteiger partial charge in [-0.05, 0) is 46.2 Å². The fourth-order valence-electron chi connectivity index (χ4n) is 3.27. The van der Waals surface area contributed by atoms with E-state index in [-0.39, 0.29) is 0 Å². The van der Waals surface area contributed by atoms with Gasteiger partial charge in [0.05, 0.1) is 0 Å². The maximum absolute atomic E-state index is 2.23. The summed E-state index contributed by atoms with van der Waals surface area (Å²) in [5.41, 5.74) is 7.76. The van der Waals surface area contributed by atoms with Gasteiger partial charge >= 0.3 is 0 Å². The average molecular weight is 367 g/mol. The zero-order chi connectivity index (χ0) is 19.6. The Morgan fingerprint density at radius 2 is 0.679 bits per heavy atom. The summed E-state index contributed by atoms with van der Waals surface area (Å²) in [6.45, 7) is 4.44. The molecule has 0 bridgehead atoms. The van der Waals surface area contributed by atoms with Gasteiger partial charge in [0.2, 0.25) is 0 Å². The molecule has 0 heteroatoms. The van der Waals surface area contributed by atoms with E-state index in [2.05, 4.69) is 111 Å². The van der Waals surface area contributed by atoms with Crippen LogP contribution in [0.1, 0.15) is 60.1 Å². The van der Waals surface area contributed by atoms with Crippen molar-refractivity contribution >= 4 is 24.3 Å². The van der Waals surface area contributed by atoms with Crippen LogP contribution in [0.2, 0.25) is 0 Å². The third-order valence-corrected chi connectivity index (χ3v) is 4.91. The number of hydrogen-bond donors (Lipinski definition) is 0. The fraction of sp³-hybridized carbons (Fsp3) is 0.214. The van der Waals surface area contributed by atoms with Gasteiger partial charge in [-0.1, -0.05) is 124 Å². The predicted molar refractivity (Wildman–Crippen MR) is 125 cm³/mol. The lowest BCUT2D eigenvalue weighted by Crippen LogP contribution is -1.82. The van der Waals surface area contributed by atoms with E-state index in [1.807, 2.05) is 0 Å². The van der Waals surface area contributed by atoms with Crippen molar-refractivity contribution in [2.45, 2.75) is 39.5 Å². The second-order valence-corrected chi connectivity index (χ2v) is 7.32. The summed E-state index contributed by atoms with van der Waals surface area (Å²) in [5, 5.41) is 0. The van der Waals surface area contributed by atoms with Crippen molar-refractivity contribution in [3.63, 3.8) is 0 Å². The van der Waals surface area contributed by atoms with Gasteiger partial charge in [-0.15, -0.1) is 0 Å². The van der Waals surface area contributed by atoms with Crippen LogP contribution in [0.3, 0.4) is 0 Å². The Labute approximate surface area is 170 Å². The van der Waals surface area contributed by atoms with Crippen molar-refractivity contribution in [3.8, 4) is 0 Å². The van der Waals surface area contributed by atoms with Crippen molar-refractivity contribution in [3.05, 3.63) is 106 Å². The second kappa shape index (κ2) is 10.5. The monoisotopic (exact) mass is 366 g/mol. The van der Waals surface area contributed by atoms with Crippen LogP contribution in [-0.4, -0.2) is 0 Å². The van der Waals surface area contributed by atoms with E-state index in [1.54, 1.807) is 0 Å². The summed E-state index contributed by atoms with van der Waals surface area (Å²) < 4.78 is 0. The Balaban J connectivity index is 1.59. The Kier molecular flexibility index (Phi) is 7.44. The minimum atomic E-state index is 1.15. The van der Waals surface area contributed by atoms with Gasteiger partial charge in [0, 0.05) is 0 Å². The van der Waals surface area contributed by atoms with Crippen molar-refractivity contribution in [1.29, 1.82) is 0 Å². The highest BCUT2D eigenvalue weighted by molar-refractivity contribution is 5.73. The van der Waals surface area contributed by atoms with Gasteiger partial charge in [0.15, 0.2) is 0 Å². The molecule has 0 radical (unpaired) electrons. The zero-order valence-corrected chi connectivity index (χ0v) is 17.1. The van der Waals surface area contributed by atoms with E-state index in [4.69, 9.17) is 0 Å². The fourth-order valence-corrected chi connectivity index (χ4v) is 3.27. The van der Waals surface area contributed by atoms with Crippen LogP contribution in [-0.2, 0) is 12.8 Å². The molecule has 0 unspecified atom stereocenters. The van der Waals surface area contributed by atoms with Crippen LogP contribution in [0.15, 0.2) is 72.8 Å². The first-order valence-corrected chi connectivity index (χ1v) is 10.4. The molecule has 3 aromatic carbocycles. The summed E-state index contributed by atoms with van der Waals surface area (Å²) in [7, 11) is 0. The van der Waals surface area contributed by atoms with E-state index in [0.717, 1.165) is 12.8 Å². The van der Waals surface area contributed by atoms with Gasteiger partial charge in [-0.2, -0.15) is 0 Å². The molecule has 0 fully saturated rings. The number of aryl methyl sites for hydroxylation is 2. The lowest BCUT2D eigenvalue weighted by atomic mass is 10.1. The van der Waals surface area contributed by atoms with Crippen LogP contribution in [0, 0.1) is 0 Å². The lowest BCUT2D eigenvalue weighted by Gasteiger charge is -2.00. The summed E-state index contributed by atoms with van der Waals surface area (Å²) in [5.74, 6) is 0. The predicted octanol–water partition coefficient (Wildman–Crippen LogP) is 7.93. The molecule has 3 aromatic rings. The molecule has 0 spiro atoms. The van der Waals surface area contributed by atoms with Gasteiger partial charge in [0.1, 0.15) is 0 Å². The topological polar surface area (TPSA) is 0 Å².